The van der Waals surface area contributed by atoms with E-state index in [0.717, 1.165) is 22.8 Å². The van der Waals surface area contributed by atoms with Crippen LogP contribution in [0, 0.1) is 5.92 Å². The normalized spacial score (nSPS) is 15.8. The molecule has 0 spiro atoms. The predicted octanol–water partition coefficient (Wildman–Crippen LogP) is 3.92. The fraction of sp³-hybridized carbons (Fsp3) is 0.615. The lowest BCUT2D eigenvalue weighted by Crippen LogP contribution is -2.33. The number of nitrogens with zero attached hydrogens (tertiary/aromatic N) is 3. The molecule has 3 rings (SSSR count). The number of hydrogen-bond acceptors (Lipinski definition) is 3. The maximum atomic E-state index is 4.82. The van der Waals surface area contributed by atoms with Crippen molar-refractivity contribution in [1.82, 2.24) is 9.38 Å². The smallest absolute Gasteiger partial charge is 0.195 e. The van der Waals surface area contributed by atoms with Crippen LogP contribution in [0.25, 0.3) is 4.96 Å². The molecule has 2 aromatic rings. The Morgan fingerprint density at radius 3 is 2.94 bits per heavy atom. The van der Waals surface area contributed by atoms with Gasteiger partial charge in [-0.15, -0.1) is 11.3 Å². The van der Waals surface area contributed by atoms with Gasteiger partial charge in [0.1, 0.15) is 0 Å². The molecule has 0 bridgehead atoms. The first-order valence-corrected chi connectivity index (χ1v) is 8.48. The van der Waals surface area contributed by atoms with Gasteiger partial charge in [-0.3, -0.25) is 4.40 Å². The van der Waals surface area contributed by atoms with E-state index in [9.17, 15) is 0 Å². The molecule has 3 nitrogen and oxygen atoms in total. The van der Waals surface area contributed by atoms with E-state index in [1.165, 1.54) is 24.4 Å². The summed E-state index contributed by atoms with van der Waals surface area (Å²) in [4.78, 5) is 8.39. The zero-order valence-corrected chi connectivity index (χ0v) is 13.2. The Morgan fingerprint density at radius 1 is 1.56 bits per heavy atom. The molecule has 5 heteroatoms. The average Bonchev–Trinajstić information content (AvgIpc) is 2.92. The third-order valence-corrected chi connectivity index (χ3v) is 4.80. The number of halogens is 1. The molecule has 0 amide bonds. The minimum absolute atomic E-state index is 0.507. The second kappa shape index (κ2) is 4.85. The number of anilines is 1. The van der Waals surface area contributed by atoms with Crippen LogP contribution in [-0.2, 0) is 5.33 Å². The van der Waals surface area contributed by atoms with Gasteiger partial charge in [0.05, 0.1) is 5.69 Å². The molecule has 0 saturated heterocycles. The van der Waals surface area contributed by atoms with Gasteiger partial charge in [0, 0.05) is 29.5 Å². The summed E-state index contributed by atoms with van der Waals surface area (Å²) >= 11 is 5.32. The van der Waals surface area contributed by atoms with E-state index in [2.05, 4.69) is 50.7 Å². The molecule has 0 unspecified atom stereocenters. The summed E-state index contributed by atoms with van der Waals surface area (Å²) in [7, 11) is 0. The highest BCUT2D eigenvalue weighted by atomic mass is 79.9. The molecule has 0 atom stereocenters. The molecule has 98 valence electrons. The van der Waals surface area contributed by atoms with Crippen molar-refractivity contribution >= 4 is 38.0 Å². The minimum atomic E-state index is 0.507. The molecule has 1 fully saturated rings. The second-order valence-corrected chi connectivity index (χ2v) is 6.69. The number of thiazole rings is 1. The van der Waals surface area contributed by atoms with Crippen LogP contribution in [0.3, 0.4) is 0 Å². The first kappa shape index (κ1) is 12.5. The lowest BCUT2D eigenvalue weighted by Gasteiger charge is -2.27. The Balaban J connectivity index is 2.00. The van der Waals surface area contributed by atoms with Crippen molar-refractivity contribution in [2.45, 2.75) is 38.1 Å². The molecule has 18 heavy (non-hydrogen) atoms. The van der Waals surface area contributed by atoms with Crippen molar-refractivity contribution in [2.75, 3.05) is 11.4 Å². The van der Waals surface area contributed by atoms with Crippen LogP contribution >= 0.6 is 27.3 Å². The number of fused-ring (bicyclic) bond motifs is 1. The highest BCUT2D eigenvalue weighted by molar-refractivity contribution is 9.08. The fourth-order valence-electron chi connectivity index (χ4n) is 2.30. The molecule has 0 N–H and O–H groups in total. The quantitative estimate of drug-likeness (QED) is 0.776. The Kier molecular flexibility index (Phi) is 3.36. The van der Waals surface area contributed by atoms with Crippen LogP contribution in [0.5, 0.6) is 0 Å². The van der Waals surface area contributed by atoms with Gasteiger partial charge in [0.25, 0.3) is 0 Å². The number of hydrogen-bond donors (Lipinski definition) is 0. The van der Waals surface area contributed by atoms with Crippen LogP contribution in [0.15, 0.2) is 11.6 Å². The summed E-state index contributed by atoms with van der Waals surface area (Å²) in [5.41, 5.74) is 1.28. The molecule has 0 aliphatic heterocycles. The molecule has 0 radical (unpaired) electrons. The summed E-state index contributed by atoms with van der Waals surface area (Å²) in [5, 5.41) is 2.95. The molecular weight excluding hydrogens is 310 g/mol. The van der Waals surface area contributed by atoms with E-state index in [-0.39, 0.29) is 0 Å². The van der Waals surface area contributed by atoms with Crippen molar-refractivity contribution in [3.63, 3.8) is 0 Å². The van der Waals surface area contributed by atoms with E-state index in [0.29, 0.717) is 6.04 Å². The van der Waals surface area contributed by atoms with E-state index >= 15 is 0 Å². The number of aromatic nitrogens is 2. The summed E-state index contributed by atoms with van der Waals surface area (Å²) < 4.78 is 2.21. The van der Waals surface area contributed by atoms with Gasteiger partial charge in [-0.05, 0) is 32.6 Å². The molecule has 1 aliphatic rings. The number of imidazole rings is 1. The van der Waals surface area contributed by atoms with Crippen molar-refractivity contribution in [2.24, 2.45) is 5.92 Å². The van der Waals surface area contributed by atoms with E-state index in [1.54, 1.807) is 11.3 Å². The Bertz CT molecular complexity index is 541. The standard InChI is InChI=1S/C13H18BrN3S/c1-9(2)17(8-10-3-4-10)12-11(7-14)16-5-6-18-13(16)15-12/h5-6,9-10H,3-4,7-8H2,1-2H3. The maximum Gasteiger partial charge on any atom is 0.195 e. The predicted molar refractivity (Wildman–Crippen MR) is 80.9 cm³/mol. The van der Waals surface area contributed by atoms with Crippen LogP contribution in [-0.4, -0.2) is 22.0 Å². The summed E-state index contributed by atoms with van der Waals surface area (Å²) in [6, 6.07) is 0.507. The molecule has 0 aromatic carbocycles. The van der Waals surface area contributed by atoms with Crippen LogP contribution in [0.4, 0.5) is 5.82 Å². The van der Waals surface area contributed by atoms with Gasteiger partial charge in [0.15, 0.2) is 10.8 Å². The molecule has 2 aromatic heterocycles. The highest BCUT2D eigenvalue weighted by Crippen LogP contribution is 2.34. The highest BCUT2D eigenvalue weighted by Gasteiger charge is 2.28. The van der Waals surface area contributed by atoms with E-state index in [1.807, 2.05) is 0 Å². The molecule has 2 heterocycles. The van der Waals surface area contributed by atoms with Crippen molar-refractivity contribution < 1.29 is 0 Å². The van der Waals surface area contributed by atoms with E-state index in [4.69, 9.17) is 4.98 Å². The number of alkyl halides is 1. The molecule has 1 saturated carbocycles. The number of rotatable bonds is 5. The first-order valence-electron chi connectivity index (χ1n) is 6.47. The van der Waals surface area contributed by atoms with Crippen molar-refractivity contribution in [3.8, 4) is 0 Å². The van der Waals surface area contributed by atoms with Crippen molar-refractivity contribution in [1.29, 1.82) is 0 Å². The fourth-order valence-corrected chi connectivity index (χ4v) is 3.54. The SMILES string of the molecule is CC(C)N(CC1CC1)c1nc2sccn2c1CBr. The molecule has 1 aliphatic carbocycles. The average molecular weight is 328 g/mol. The first-order chi connectivity index (χ1) is 8.70. The van der Waals surface area contributed by atoms with Crippen LogP contribution in [0.1, 0.15) is 32.4 Å². The van der Waals surface area contributed by atoms with Gasteiger partial charge in [-0.1, -0.05) is 15.9 Å². The Hall–Kier alpha value is -0.550. The topological polar surface area (TPSA) is 20.5 Å². The van der Waals surface area contributed by atoms with Crippen LogP contribution in [0.2, 0.25) is 0 Å². The summed E-state index contributed by atoms with van der Waals surface area (Å²) in [6.45, 7) is 5.67. The third kappa shape index (κ3) is 2.18. The monoisotopic (exact) mass is 327 g/mol. The van der Waals surface area contributed by atoms with Gasteiger partial charge in [-0.2, -0.15) is 0 Å². The van der Waals surface area contributed by atoms with E-state index < -0.39 is 0 Å². The van der Waals surface area contributed by atoms with Crippen molar-refractivity contribution in [3.05, 3.63) is 17.3 Å². The van der Waals surface area contributed by atoms with Gasteiger partial charge >= 0.3 is 0 Å². The van der Waals surface area contributed by atoms with Gasteiger partial charge < -0.3 is 4.90 Å². The maximum absolute atomic E-state index is 4.82. The zero-order chi connectivity index (χ0) is 12.7. The third-order valence-electron chi connectivity index (χ3n) is 3.51. The molecular formula is C13H18BrN3S. The lowest BCUT2D eigenvalue weighted by atomic mass is 10.2. The Morgan fingerprint density at radius 2 is 2.33 bits per heavy atom. The zero-order valence-electron chi connectivity index (χ0n) is 10.8. The lowest BCUT2D eigenvalue weighted by molar-refractivity contribution is 0.636. The summed E-state index contributed by atoms with van der Waals surface area (Å²) in [6.07, 6.45) is 4.88. The summed E-state index contributed by atoms with van der Waals surface area (Å²) in [5.74, 6) is 2.05. The van der Waals surface area contributed by atoms with Gasteiger partial charge in [0.2, 0.25) is 0 Å². The largest absolute Gasteiger partial charge is 0.352 e. The Labute approximate surface area is 120 Å². The second-order valence-electron chi connectivity index (χ2n) is 5.26. The van der Waals surface area contributed by atoms with Gasteiger partial charge in [-0.25, -0.2) is 4.98 Å². The minimum Gasteiger partial charge on any atom is -0.352 e. The van der Waals surface area contributed by atoms with Crippen LogP contribution < -0.4 is 4.90 Å².